The van der Waals surface area contributed by atoms with Crippen LogP contribution in [0.3, 0.4) is 0 Å². The maximum atomic E-state index is 4.31. The number of nitrogens with zero attached hydrogens (tertiary/aromatic N) is 3. The van der Waals surface area contributed by atoms with E-state index < -0.39 is 0 Å². The number of aryl methyl sites for hydroxylation is 2. The molecule has 2 rings (SSSR count). The maximum Gasteiger partial charge on any atom is 0.138 e. The fourth-order valence-electron chi connectivity index (χ4n) is 2.34. The first-order chi connectivity index (χ1) is 9.66. The van der Waals surface area contributed by atoms with Crippen molar-refractivity contribution in [1.29, 1.82) is 0 Å². The van der Waals surface area contributed by atoms with E-state index in [1.165, 1.54) is 5.56 Å². The average Bonchev–Trinajstić information content (AvgIpc) is 2.85. The second kappa shape index (κ2) is 7.20. The summed E-state index contributed by atoms with van der Waals surface area (Å²) in [7, 11) is 1.95. The fraction of sp³-hybridized carbons (Fsp3) is 0.500. The topological polar surface area (TPSA) is 42.7 Å². The summed E-state index contributed by atoms with van der Waals surface area (Å²) in [5, 5.41) is 7.68. The van der Waals surface area contributed by atoms with Gasteiger partial charge in [0.05, 0.1) is 0 Å². The third-order valence-electron chi connectivity index (χ3n) is 3.57. The van der Waals surface area contributed by atoms with Gasteiger partial charge in [0.1, 0.15) is 12.2 Å². The van der Waals surface area contributed by atoms with Crippen molar-refractivity contribution in [3.8, 4) is 0 Å². The molecule has 1 N–H and O–H groups in total. The van der Waals surface area contributed by atoms with Crippen molar-refractivity contribution in [2.75, 3.05) is 6.54 Å². The number of aromatic nitrogens is 3. The minimum atomic E-state index is 0.510. The number of hydrogen-bond acceptors (Lipinski definition) is 3. The molecule has 0 aliphatic heterocycles. The highest BCUT2D eigenvalue weighted by atomic mass is 15.3. The van der Waals surface area contributed by atoms with Crippen molar-refractivity contribution in [1.82, 2.24) is 20.1 Å². The summed E-state index contributed by atoms with van der Waals surface area (Å²) in [4.78, 5) is 4.31. The standard InChI is InChI=1S/C16H24N4/c1-13(2)17-11-15(14-7-5-4-6-8-14)9-10-16-18-12-19-20(16)3/h4-8,12-13,15,17H,9-11H2,1-3H3. The summed E-state index contributed by atoms with van der Waals surface area (Å²) < 4.78 is 1.86. The van der Waals surface area contributed by atoms with E-state index in [9.17, 15) is 0 Å². The lowest BCUT2D eigenvalue weighted by Gasteiger charge is -2.19. The van der Waals surface area contributed by atoms with E-state index in [-0.39, 0.29) is 0 Å². The number of hydrogen-bond donors (Lipinski definition) is 1. The van der Waals surface area contributed by atoms with Crippen molar-refractivity contribution in [2.24, 2.45) is 7.05 Å². The van der Waals surface area contributed by atoms with Gasteiger partial charge in [0.15, 0.2) is 0 Å². The largest absolute Gasteiger partial charge is 0.314 e. The summed E-state index contributed by atoms with van der Waals surface area (Å²) in [6.45, 7) is 5.37. The van der Waals surface area contributed by atoms with Gasteiger partial charge in [-0.3, -0.25) is 4.68 Å². The van der Waals surface area contributed by atoms with Crippen LogP contribution in [0.5, 0.6) is 0 Å². The quantitative estimate of drug-likeness (QED) is 0.842. The highest BCUT2D eigenvalue weighted by molar-refractivity contribution is 5.20. The molecule has 0 saturated heterocycles. The molecule has 1 aromatic heterocycles. The molecule has 0 saturated carbocycles. The van der Waals surface area contributed by atoms with Crippen molar-refractivity contribution < 1.29 is 0 Å². The van der Waals surface area contributed by atoms with Gasteiger partial charge in [0.25, 0.3) is 0 Å². The Balaban J connectivity index is 2.01. The van der Waals surface area contributed by atoms with Crippen molar-refractivity contribution in [2.45, 2.75) is 38.6 Å². The van der Waals surface area contributed by atoms with Crippen LogP contribution in [0.4, 0.5) is 0 Å². The Kier molecular flexibility index (Phi) is 5.30. The average molecular weight is 272 g/mol. The van der Waals surface area contributed by atoms with E-state index >= 15 is 0 Å². The predicted molar refractivity (Wildman–Crippen MR) is 81.6 cm³/mol. The molecule has 0 spiro atoms. The molecule has 0 amide bonds. The number of benzene rings is 1. The van der Waals surface area contributed by atoms with Gasteiger partial charge in [0.2, 0.25) is 0 Å². The molecule has 0 bridgehead atoms. The summed E-state index contributed by atoms with van der Waals surface area (Å²) >= 11 is 0. The Bertz CT molecular complexity index is 504. The zero-order chi connectivity index (χ0) is 14.4. The van der Waals surface area contributed by atoms with Gasteiger partial charge in [-0.15, -0.1) is 0 Å². The fourth-order valence-corrected chi connectivity index (χ4v) is 2.34. The minimum absolute atomic E-state index is 0.510. The Morgan fingerprint density at radius 3 is 2.55 bits per heavy atom. The van der Waals surface area contributed by atoms with Crippen LogP contribution in [0.2, 0.25) is 0 Å². The van der Waals surface area contributed by atoms with Crippen molar-refractivity contribution >= 4 is 0 Å². The molecule has 2 aromatic rings. The summed E-state index contributed by atoms with van der Waals surface area (Å²) in [6.07, 6.45) is 3.66. The monoisotopic (exact) mass is 272 g/mol. The first kappa shape index (κ1) is 14.7. The lowest BCUT2D eigenvalue weighted by atomic mass is 9.93. The number of nitrogens with one attached hydrogen (secondary N) is 1. The van der Waals surface area contributed by atoms with Crippen LogP contribution in [0.25, 0.3) is 0 Å². The van der Waals surface area contributed by atoms with Crippen LogP contribution in [0.15, 0.2) is 36.7 Å². The SMILES string of the molecule is CC(C)NCC(CCc1ncnn1C)c1ccccc1. The first-order valence-electron chi connectivity index (χ1n) is 7.28. The van der Waals surface area contributed by atoms with Crippen LogP contribution < -0.4 is 5.32 Å². The molecular weight excluding hydrogens is 248 g/mol. The van der Waals surface area contributed by atoms with Crippen molar-refractivity contribution in [3.05, 3.63) is 48.0 Å². The van der Waals surface area contributed by atoms with Gasteiger partial charge in [-0.05, 0) is 17.9 Å². The molecule has 4 heteroatoms. The van der Waals surface area contributed by atoms with Gasteiger partial charge >= 0.3 is 0 Å². The third kappa shape index (κ3) is 4.17. The molecular formula is C16H24N4. The second-order valence-electron chi connectivity index (χ2n) is 5.51. The number of rotatable bonds is 7. The molecule has 1 unspecified atom stereocenters. The Hall–Kier alpha value is -1.68. The Morgan fingerprint density at radius 2 is 1.95 bits per heavy atom. The van der Waals surface area contributed by atoms with Crippen LogP contribution in [0.1, 0.15) is 37.6 Å². The predicted octanol–water partition coefficient (Wildman–Crippen LogP) is 2.53. The van der Waals surface area contributed by atoms with Gasteiger partial charge in [-0.1, -0.05) is 44.2 Å². The van der Waals surface area contributed by atoms with E-state index in [0.29, 0.717) is 12.0 Å². The van der Waals surface area contributed by atoms with Gasteiger partial charge in [0, 0.05) is 26.1 Å². The second-order valence-corrected chi connectivity index (χ2v) is 5.51. The van der Waals surface area contributed by atoms with Gasteiger partial charge in [-0.2, -0.15) is 5.10 Å². The van der Waals surface area contributed by atoms with Crippen LogP contribution >= 0.6 is 0 Å². The molecule has 4 nitrogen and oxygen atoms in total. The third-order valence-corrected chi connectivity index (χ3v) is 3.57. The van der Waals surface area contributed by atoms with Gasteiger partial charge in [-0.25, -0.2) is 4.98 Å². The maximum absolute atomic E-state index is 4.31. The minimum Gasteiger partial charge on any atom is -0.314 e. The molecule has 0 aliphatic rings. The van der Waals surface area contributed by atoms with Crippen molar-refractivity contribution in [3.63, 3.8) is 0 Å². The molecule has 20 heavy (non-hydrogen) atoms. The molecule has 1 atom stereocenters. The van der Waals surface area contributed by atoms with Crippen LogP contribution in [-0.2, 0) is 13.5 Å². The summed E-state index contributed by atoms with van der Waals surface area (Å²) in [6, 6.07) is 11.2. The van der Waals surface area contributed by atoms with Gasteiger partial charge < -0.3 is 5.32 Å². The Morgan fingerprint density at radius 1 is 1.20 bits per heavy atom. The van der Waals surface area contributed by atoms with E-state index in [2.05, 4.69) is 59.6 Å². The normalized spacial score (nSPS) is 12.8. The summed E-state index contributed by atoms with van der Waals surface area (Å²) in [5.41, 5.74) is 1.39. The Labute approximate surface area is 121 Å². The first-order valence-corrected chi connectivity index (χ1v) is 7.28. The molecule has 1 heterocycles. The van der Waals surface area contributed by atoms with Crippen LogP contribution in [-0.4, -0.2) is 27.4 Å². The molecule has 0 aliphatic carbocycles. The lowest BCUT2D eigenvalue weighted by Crippen LogP contribution is -2.28. The molecule has 0 radical (unpaired) electrons. The molecule has 1 aromatic carbocycles. The zero-order valence-electron chi connectivity index (χ0n) is 12.6. The van der Waals surface area contributed by atoms with E-state index in [0.717, 1.165) is 25.2 Å². The van der Waals surface area contributed by atoms with E-state index in [1.54, 1.807) is 6.33 Å². The smallest absolute Gasteiger partial charge is 0.138 e. The highest BCUT2D eigenvalue weighted by Gasteiger charge is 2.13. The molecule has 0 fully saturated rings. The highest BCUT2D eigenvalue weighted by Crippen LogP contribution is 2.20. The van der Waals surface area contributed by atoms with Crippen LogP contribution in [0, 0.1) is 0 Å². The lowest BCUT2D eigenvalue weighted by molar-refractivity contribution is 0.500. The van der Waals surface area contributed by atoms with E-state index in [1.807, 2.05) is 11.7 Å². The zero-order valence-corrected chi connectivity index (χ0v) is 12.6. The van der Waals surface area contributed by atoms with E-state index in [4.69, 9.17) is 0 Å². The molecule has 108 valence electrons. The summed E-state index contributed by atoms with van der Waals surface area (Å²) in [5.74, 6) is 1.56.